The maximum atomic E-state index is 12.9. The highest BCUT2D eigenvalue weighted by Gasteiger charge is 2.45. The molecule has 5 atom stereocenters. The van der Waals surface area contributed by atoms with Crippen LogP contribution in [0.25, 0.3) is 0 Å². The topological polar surface area (TPSA) is 104 Å². The van der Waals surface area contributed by atoms with Crippen LogP contribution in [0, 0.1) is 11.8 Å². The largest absolute Gasteiger partial charge is 0.467 e. The Balaban J connectivity index is 1.57. The lowest BCUT2D eigenvalue weighted by atomic mass is 9.69. The number of carbonyl (C=O) groups is 3. The van der Waals surface area contributed by atoms with Crippen molar-refractivity contribution >= 4 is 17.8 Å². The van der Waals surface area contributed by atoms with Crippen LogP contribution in [0.15, 0.2) is 22.8 Å². The molecule has 3 rings (SSSR count). The fraction of sp³-hybridized carbons (Fsp3) is 0.696. The molecule has 2 heterocycles. The Bertz CT molecular complexity index is 751. The van der Waals surface area contributed by atoms with Crippen LogP contribution in [0.4, 0.5) is 4.79 Å². The van der Waals surface area contributed by atoms with Gasteiger partial charge in [-0.25, -0.2) is 4.79 Å². The van der Waals surface area contributed by atoms with E-state index in [4.69, 9.17) is 4.42 Å². The van der Waals surface area contributed by atoms with Gasteiger partial charge in [0.1, 0.15) is 5.76 Å². The molecule has 1 saturated carbocycles. The van der Waals surface area contributed by atoms with Gasteiger partial charge >= 0.3 is 6.03 Å². The number of urea groups is 1. The zero-order valence-electron chi connectivity index (χ0n) is 18.9. The highest BCUT2D eigenvalue weighted by Crippen LogP contribution is 2.41. The van der Waals surface area contributed by atoms with Gasteiger partial charge in [0.15, 0.2) is 0 Å². The molecule has 8 heteroatoms. The minimum Gasteiger partial charge on any atom is -0.467 e. The summed E-state index contributed by atoms with van der Waals surface area (Å²) in [4.78, 5) is 39.8. The van der Waals surface area contributed by atoms with Crippen LogP contribution in [0.5, 0.6) is 0 Å². The molecule has 3 N–H and O–H groups in total. The summed E-state index contributed by atoms with van der Waals surface area (Å²) in [6, 6.07) is 3.44. The average Bonchev–Trinajstić information content (AvgIpc) is 3.27. The summed E-state index contributed by atoms with van der Waals surface area (Å²) in [5.41, 5.74) is 0. The molecule has 2 aliphatic rings. The molecule has 8 nitrogen and oxygen atoms in total. The van der Waals surface area contributed by atoms with Crippen LogP contribution in [0.1, 0.15) is 65.1 Å². The van der Waals surface area contributed by atoms with Crippen molar-refractivity contribution in [1.29, 1.82) is 0 Å². The number of piperidine rings is 1. The lowest BCUT2D eigenvalue weighted by Gasteiger charge is -2.50. The standard InChI is InChI=1S/C23H36N4O4/c1-4-15(2)25-22(29)19-12-16(3)27(20-10-6-5-9-18(19)20)14-21(28)26-23(30)24-13-17-8-7-11-31-17/h7-8,11,15-16,18-20H,4-6,9-10,12-14H2,1-3H3,(H,25,29)(H2,24,26,28,30)/t15-,16-,18-,19+,20-/m0/s1. The fourth-order valence-corrected chi connectivity index (χ4v) is 5.01. The minimum absolute atomic E-state index is 0.00907. The molecule has 4 amide bonds. The summed E-state index contributed by atoms with van der Waals surface area (Å²) in [6.45, 7) is 6.58. The molecule has 0 aromatic carbocycles. The maximum absolute atomic E-state index is 12.9. The number of fused-ring (bicyclic) bond motifs is 1. The van der Waals surface area contributed by atoms with E-state index >= 15 is 0 Å². The Morgan fingerprint density at radius 1 is 1.26 bits per heavy atom. The summed E-state index contributed by atoms with van der Waals surface area (Å²) in [6.07, 6.45) is 7.41. The predicted octanol–water partition coefficient (Wildman–Crippen LogP) is 2.79. The maximum Gasteiger partial charge on any atom is 0.321 e. The molecule has 1 aromatic heterocycles. The van der Waals surface area contributed by atoms with Crippen LogP contribution >= 0.6 is 0 Å². The fourth-order valence-electron chi connectivity index (χ4n) is 5.01. The highest BCUT2D eigenvalue weighted by atomic mass is 16.3. The van der Waals surface area contributed by atoms with Gasteiger partial charge in [-0.05, 0) is 57.6 Å². The first kappa shape index (κ1) is 23.3. The molecule has 0 unspecified atom stereocenters. The van der Waals surface area contributed by atoms with E-state index < -0.39 is 6.03 Å². The molecule has 0 radical (unpaired) electrons. The van der Waals surface area contributed by atoms with Crippen molar-refractivity contribution < 1.29 is 18.8 Å². The number of likely N-dealkylation sites (tertiary alicyclic amines) is 1. The Morgan fingerprint density at radius 3 is 2.74 bits per heavy atom. The summed E-state index contributed by atoms with van der Waals surface area (Å²) in [7, 11) is 0. The van der Waals surface area contributed by atoms with Gasteiger partial charge in [0.2, 0.25) is 11.8 Å². The molecule has 172 valence electrons. The molecule has 1 aliphatic heterocycles. The SMILES string of the molecule is CC[C@H](C)NC(=O)[C@@H]1C[C@H](C)N(CC(=O)NC(=O)NCc2ccco2)[C@H]2CCCC[C@@H]12. The van der Waals surface area contributed by atoms with Gasteiger partial charge in [-0.1, -0.05) is 19.8 Å². The van der Waals surface area contributed by atoms with Gasteiger partial charge in [-0.2, -0.15) is 0 Å². The van der Waals surface area contributed by atoms with Gasteiger partial charge in [0.25, 0.3) is 0 Å². The highest BCUT2D eigenvalue weighted by molar-refractivity contribution is 5.95. The van der Waals surface area contributed by atoms with Crippen molar-refractivity contribution in [1.82, 2.24) is 20.9 Å². The number of imide groups is 1. The first-order valence-corrected chi connectivity index (χ1v) is 11.5. The van der Waals surface area contributed by atoms with E-state index in [1.165, 1.54) is 6.26 Å². The Morgan fingerprint density at radius 2 is 2.03 bits per heavy atom. The van der Waals surface area contributed by atoms with E-state index in [0.717, 1.165) is 38.5 Å². The molecule has 1 saturated heterocycles. The van der Waals surface area contributed by atoms with E-state index in [9.17, 15) is 14.4 Å². The first-order valence-electron chi connectivity index (χ1n) is 11.5. The molecular formula is C23H36N4O4. The summed E-state index contributed by atoms with van der Waals surface area (Å²) < 4.78 is 5.18. The quantitative estimate of drug-likeness (QED) is 0.615. The molecule has 2 fully saturated rings. The van der Waals surface area contributed by atoms with E-state index in [2.05, 4.69) is 34.7 Å². The van der Waals surface area contributed by atoms with E-state index in [-0.39, 0.29) is 54.9 Å². The van der Waals surface area contributed by atoms with E-state index in [1.807, 2.05) is 6.92 Å². The van der Waals surface area contributed by atoms with Crippen molar-refractivity contribution in [3.05, 3.63) is 24.2 Å². The first-order chi connectivity index (χ1) is 14.9. The van der Waals surface area contributed by atoms with Crippen molar-refractivity contribution in [2.75, 3.05) is 6.54 Å². The molecule has 0 spiro atoms. The summed E-state index contributed by atoms with van der Waals surface area (Å²) >= 11 is 0. The van der Waals surface area contributed by atoms with Gasteiger partial charge < -0.3 is 15.1 Å². The third-order valence-corrected chi connectivity index (χ3v) is 6.81. The van der Waals surface area contributed by atoms with Crippen molar-refractivity contribution in [3.8, 4) is 0 Å². The van der Waals surface area contributed by atoms with Crippen molar-refractivity contribution in [2.24, 2.45) is 11.8 Å². The molecule has 1 aromatic rings. The van der Waals surface area contributed by atoms with Gasteiger partial charge in [-0.3, -0.25) is 19.8 Å². The zero-order valence-corrected chi connectivity index (χ0v) is 18.9. The van der Waals surface area contributed by atoms with Crippen molar-refractivity contribution in [3.63, 3.8) is 0 Å². The average molecular weight is 433 g/mol. The minimum atomic E-state index is -0.530. The molecule has 0 bridgehead atoms. The Labute approximate surface area is 184 Å². The van der Waals surface area contributed by atoms with Crippen LogP contribution in [-0.2, 0) is 16.1 Å². The molecule has 1 aliphatic carbocycles. The van der Waals surface area contributed by atoms with Crippen LogP contribution in [0.3, 0.4) is 0 Å². The van der Waals surface area contributed by atoms with Gasteiger partial charge in [0.05, 0.1) is 19.4 Å². The van der Waals surface area contributed by atoms with E-state index in [1.54, 1.807) is 12.1 Å². The number of hydrogen-bond acceptors (Lipinski definition) is 5. The Hall–Kier alpha value is -2.35. The van der Waals surface area contributed by atoms with Crippen molar-refractivity contribution in [2.45, 2.75) is 84.0 Å². The second-order valence-corrected chi connectivity index (χ2v) is 9.01. The van der Waals surface area contributed by atoms with Crippen LogP contribution in [0.2, 0.25) is 0 Å². The summed E-state index contributed by atoms with van der Waals surface area (Å²) in [5, 5.41) is 8.21. The Kier molecular flexibility index (Phi) is 8.12. The molecular weight excluding hydrogens is 396 g/mol. The lowest BCUT2D eigenvalue weighted by Crippen LogP contribution is -2.60. The monoisotopic (exact) mass is 432 g/mol. The second kappa shape index (κ2) is 10.8. The van der Waals surface area contributed by atoms with Gasteiger partial charge in [0, 0.05) is 24.0 Å². The van der Waals surface area contributed by atoms with Crippen LogP contribution < -0.4 is 16.0 Å². The number of hydrogen-bond donors (Lipinski definition) is 3. The number of nitrogens with zero attached hydrogens (tertiary/aromatic N) is 1. The molecule has 31 heavy (non-hydrogen) atoms. The zero-order chi connectivity index (χ0) is 22.4. The van der Waals surface area contributed by atoms with Crippen LogP contribution in [-0.4, -0.2) is 47.4 Å². The second-order valence-electron chi connectivity index (χ2n) is 9.01. The number of amides is 4. The lowest BCUT2D eigenvalue weighted by molar-refractivity contribution is -0.135. The van der Waals surface area contributed by atoms with E-state index in [0.29, 0.717) is 5.76 Å². The normalized spacial score (nSPS) is 27.1. The number of rotatable bonds is 7. The predicted molar refractivity (Wildman–Crippen MR) is 117 cm³/mol. The number of nitrogens with one attached hydrogen (secondary N) is 3. The third kappa shape index (κ3) is 6.09. The number of carbonyl (C=O) groups excluding carboxylic acids is 3. The smallest absolute Gasteiger partial charge is 0.321 e. The summed E-state index contributed by atoms with van der Waals surface area (Å²) in [5.74, 6) is 0.703. The van der Waals surface area contributed by atoms with Gasteiger partial charge in [-0.15, -0.1) is 0 Å². The number of furan rings is 1. The third-order valence-electron chi connectivity index (χ3n) is 6.81.